The summed E-state index contributed by atoms with van der Waals surface area (Å²) in [6.07, 6.45) is 2.08. The Labute approximate surface area is 129 Å². The third-order valence-electron chi connectivity index (χ3n) is 3.74. The molecule has 1 N–H and O–H groups in total. The zero-order valence-electron chi connectivity index (χ0n) is 12.7. The number of hydrogen-bond acceptors (Lipinski definition) is 3. The van der Waals surface area contributed by atoms with E-state index in [1.54, 1.807) is 19.2 Å². The highest BCUT2D eigenvalue weighted by molar-refractivity contribution is 5.85. The van der Waals surface area contributed by atoms with Gasteiger partial charge in [-0.3, -0.25) is 0 Å². The maximum atomic E-state index is 9.66. The van der Waals surface area contributed by atoms with Crippen molar-refractivity contribution in [1.29, 1.82) is 0 Å². The normalized spacial score (nSPS) is 10.8. The van der Waals surface area contributed by atoms with Gasteiger partial charge < -0.3 is 19.1 Å². The van der Waals surface area contributed by atoms with Crippen molar-refractivity contribution in [3.8, 4) is 17.2 Å². The summed E-state index contributed by atoms with van der Waals surface area (Å²) in [7, 11) is 1.64. The van der Waals surface area contributed by atoms with Gasteiger partial charge in [0.2, 0.25) is 0 Å². The molecule has 0 saturated heterocycles. The molecule has 4 heteroatoms. The number of nitrogens with zero attached hydrogens (tertiary/aromatic N) is 1. The van der Waals surface area contributed by atoms with Crippen LogP contribution in [0.4, 0.5) is 0 Å². The van der Waals surface area contributed by atoms with Crippen LogP contribution < -0.4 is 9.47 Å². The van der Waals surface area contributed by atoms with Gasteiger partial charge in [-0.2, -0.15) is 0 Å². The van der Waals surface area contributed by atoms with Gasteiger partial charge in [0.15, 0.2) is 0 Å². The minimum Gasteiger partial charge on any atom is -0.508 e. The molecular weight excluding hydrogens is 278 g/mol. The third-order valence-corrected chi connectivity index (χ3v) is 3.74. The van der Waals surface area contributed by atoms with E-state index in [0.29, 0.717) is 6.61 Å². The van der Waals surface area contributed by atoms with E-state index in [2.05, 4.69) is 17.7 Å². The molecule has 4 nitrogen and oxygen atoms in total. The summed E-state index contributed by atoms with van der Waals surface area (Å²) in [5, 5.41) is 10.8. The van der Waals surface area contributed by atoms with Crippen molar-refractivity contribution in [2.75, 3.05) is 7.11 Å². The van der Waals surface area contributed by atoms with Crippen LogP contribution in [0.1, 0.15) is 12.5 Å². The number of rotatable bonds is 5. The molecule has 1 heterocycles. The molecular formula is C18H19NO3. The van der Waals surface area contributed by atoms with Crippen LogP contribution in [0.15, 0.2) is 48.7 Å². The average molecular weight is 297 g/mol. The average Bonchev–Trinajstić information content (AvgIpc) is 2.90. The van der Waals surface area contributed by atoms with Gasteiger partial charge >= 0.3 is 0 Å². The van der Waals surface area contributed by atoms with Crippen LogP contribution in [0.25, 0.3) is 10.9 Å². The maximum Gasteiger partial charge on any atom is 0.120 e. The SMILES string of the molecule is CCn1cc(COc2ccc(OC)cc2)c2ccc(O)cc21. The number of aryl methyl sites for hydroxylation is 1. The Kier molecular flexibility index (Phi) is 3.92. The molecule has 0 atom stereocenters. The summed E-state index contributed by atoms with van der Waals surface area (Å²) in [4.78, 5) is 0. The predicted molar refractivity (Wildman–Crippen MR) is 86.6 cm³/mol. The van der Waals surface area contributed by atoms with Gasteiger partial charge in [0.25, 0.3) is 0 Å². The Morgan fingerprint density at radius 1 is 1.05 bits per heavy atom. The van der Waals surface area contributed by atoms with E-state index in [9.17, 15) is 5.11 Å². The third kappa shape index (κ3) is 2.72. The van der Waals surface area contributed by atoms with E-state index in [-0.39, 0.29) is 5.75 Å². The van der Waals surface area contributed by atoms with Gasteiger partial charge in [-0.1, -0.05) is 0 Å². The fourth-order valence-corrected chi connectivity index (χ4v) is 2.57. The van der Waals surface area contributed by atoms with Crippen LogP contribution in [0.5, 0.6) is 17.2 Å². The number of ether oxygens (including phenoxy) is 2. The highest BCUT2D eigenvalue weighted by atomic mass is 16.5. The van der Waals surface area contributed by atoms with Crippen LogP contribution >= 0.6 is 0 Å². The van der Waals surface area contributed by atoms with E-state index in [1.165, 1.54) is 0 Å². The fourth-order valence-electron chi connectivity index (χ4n) is 2.57. The summed E-state index contributed by atoms with van der Waals surface area (Å²) in [5.74, 6) is 1.89. The monoisotopic (exact) mass is 297 g/mol. The molecule has 0 spiro atoms. The number of hydrogen-bond donors (Lipinski definition) is 1. The highest BCUT2D eigenvalue weighted by Gasteiger charge is 2.09. The van der Waals surface area contributed by atoms with Gasteiger partial charge in [-0.25, -0.2) is 0 Å². The Bertz CT molecular complexity index is 775. The smallest absolute Gasteiger partial charge is 0.120 e. The van der Waals surface area contributed by atoms with Gasteiger partial charge in [0.05, 0.1) is 12.6 Å². The van der Waals surface area contributed by atoms with E-state index < -0.39 is 0 Å². The molecule has 0 aliphatic carbocycles. The number of aromatic nitrogens is 1. The molecule has 0 saturated carbocycles. The van der Waals surface area contributed by atoms with Gasteiger partial charge in [0.1, 0.15) is 23.9 Å². The molecule has 2 aromatic carbocycles. The van der Waals surface area contributed by atoms with Crippen LogP contribution in [-0.2, 0) is 13.2 Å². The lowest BCUT2D eigenvalue weighted by Gasteiger charge is -2.06. The lowest BCUT2D eigenvalue weighted by Crippen LogP contribution is -1.95. The number of fused-ring (bicyclic) bond motifs is 1. The summed E-state index contributed by atoms with van der Waals surface area (Å²) in [6.45, 7) is 3.42. The Hall–Kier alpha value is -2.62. The number of benzene rings is 2. The van der Waals surface area contributed by atoms with Gasteiger partial charge in [-0.15, -0.1) is 0 Å². The fraction of sp³-hybridized carbons (Fsp3) is 0.222. The molecule has 22 heavy (non-hydrogen) atoms. The van der Waals surface area contributed by atoms with Gasteiger partial charge in [0, 0.05) is 29.8 Å². The first-order chi connectivity index (χ1) is 10.7. The number of phenolic OH excluding ortho intramolecular Hbond substituents is 1. The van der Waals surface area contributed by atoms with Crippen LogP contribution in [0.3, 0.4) is 0 Å². The van der Waals surface area contributed by atoms with Crippen LogP contribution in [0.2, 0.25) is 0 Å². The lowest BCUT2D eigenvalue weighted by molar-refractivity contribution is 0.306. The second-order valence-electron chi connectivity index (χ2n) is 5.11. The van der Waals surface area contributed by atoms with E-state index in [4.69, 9.17) is 9.47 Å². The summed E-state index contributed by atoms with van der Waals surface area (Å²) < 4.78 is 13.1. The van der Waals surface area contributed by atoms with Crippen molar-refractivity contribution in [2.45, 2.75) is 20.1 Å². The summed E-state index contributed by atoms with van der Waals surface area (Å²) >= 11 is 0. The van der Waals surface area contributed by atoms with Crippen molar-refractivity contribution in [1.82, 2.24) is 4.57 Å². The van der Waals surface area contributed by atoms with Crippen LogP contribution in [-0.4, -0.2) is 16.8 Å². The number of methoxy groups -OCH3 is 1. The van der Waals surface area contributed by atoms with Crippen LogP contribution in [0, 0.1) is 0 Å². The number of phenols is 1. The van der Waals surface area contributed by atoms with E-state index >= 15 is 0 Å². The molecule has 114 valence electrons. The molecule has 1 aromatic heterocycles. The van der Waals surface area contributed by atoms with Crippen molar-refractivity contribution in [3.63, 3.8) is 0 Å². The largest absolute Gasteiger partial charge is 0.508 e. The molecule has 0 amide bonds. The van der Waals surface area contributed by atoms with E-state index in [1.807, 2.05) is 30.3 Å². The molecule has 0 unspecified atom stereocenters. The van der Waals surface area contributed by atoms with Crippen molar-refractivity contribution >= 4 is 10.9 Å². The summed E-state index contributed by atoms with van der Waals surface area (Å²) in [5.41, 5.74) is 2.13. The van der Waals surface area contributed by atoms with Gasteiger partial charge in [-0.05, 0) is 43.3 Å². The second-order valence-corrected chi connectivity index (χ2v) is 5.11. The Balaban J connectivity index is 1.84. The Morgan fingerprint density at radius 2 is 1.77 bits per heavy atom. The minimum absolute atomic E-state index is 0.280. The van der Waals surface area contributed by atoms with E-state index in [0.717, 1.165) is 34.5 Å². The number of aromatic hydroxyl groups is 1. The second kappa shape index (κ2) is 6.02. The molecule has 0 fully saturated rings. The predicted octanol–water partition coefficient (Wildman–Crippen LogP) is 3.95. The molecule has 3 aromatic rings. The lowest BCUT2D eigenvalue weighted by atomic mass is 10.2. The Morgan fingerprint density at radius 3 is 2.45 bits per heavy atom. The maximum absolute atomic E-state index is 9.66. The standard InChI is InChI=1S/C18H19NO3/c1-3-19-11-13(17-9-4-14(20)10-18(17)19)12-22-16-7-5-15(21-2)6-8-16/h4-11,20H,3,12H2,1-2H3. The molecule has 0 aliphatic rings. The zero-order valence-corrected chi connectivity index (χ0v) is 12.7. The first-order valence-corrected chi connectivity index (χ1v) is 7.29. The molecule has 3 rings (SSSR count). The molecule has 0 bridgehead atoms. The minimum atomic E-state index is 0.280. The van der Waals surface area contributed by atoms with Crippen molar-refractivity contribution < 1.29 is 14.6 Å². The first kappa shape index (κ1) is 14.3. The molecule has 0 radical (unpaired) electrons. The topological polar surface area (TPSA) is 43.6 Å². The zero-order chi connectivity index (χ0) is 15.5. The molecule has 0 aliphatic heterocycles. The quantitative estimate of drug-likeness (QED) is 0.775. The summed E-state index contributed by atoms with van der Waals surface area (Å²) in [6, 6.07) is 13.0. The van der Waals surface area contributed by atoms with Crippen molar-refractivity contribution in [3.05, 3.63) is 54.2 Å². The highest BCUT2D eigenvalue weighted by Crippen LogP contribution is 2.27. The first-order valence-electron chi connectivity index (χ1n) is 7.29. The van der Waals surface area contributed by atoms with Crippen molar-refractivity contribution in [2.24, 2.45) is 0 Å².